The van der Waals surface area contributed by atoms with Gasteiger partial charge in [0.2, 0.25) is 5.91 Å². The molecule has 0 aromatic rings. The van der Waals surface area contributed by atoms with E-state index in [2.05, 4.69) is 0 Å². The van der Waals surface area contributed by atoms with Gasteiger partial charge in [0, 0.05) is 7.05 Å². The van der Waals surface area contributed by atoms with Crippen LogP contribution in [0.3, 0.4) is 0 Å². The Hall–Kier alpha value is -1.96. The van der Waals surface area contributed by atoms with Crippen LogP contribution in [0.25, 0.3) is 0 Å². The molecule has 0 N–H and O–H groups in total. The first-order chi connectivity index (χ1) is 6.54. The van der Waals surface area contributed by atoms with Gasteiger partial charge < -0.3 is 4.79 Å². The zero-order valence-corrected chi connectivity index (χ0v) is 7.77. The largest absolute Gasteiger partial charge is 0.302 e. The zero-order valence-electron chi connectivity index (χ0n) is 7.77. The summed E-state index contributed by atoms with van der Waals surface area (Å²) in [5.41, 5.74) is 0.111. The van der Waals surface area contributed by atoms with E-state index in [1.165, 1.54) is 14.0 Å². The molecule has 0 saturated heterocycles. The minimum atomic E-state index is -0.993. The van der Waals surface area contributed by atoms with Gasteiger partial charge in [-0.15, -0.1) is 0 Å². The lowest BCUT2D eigenvalue weighted by atomic mass is 9.91. The number of rotatable bonds is 1. The number of hydrogen-bond acceptors (Lipinski definition) is 4. The number of carbonyl (C=O) groups excluding carboxylic acids is 3. The van der Waals surface area contributed by atoms with Crippen molar-refractivity contribution in [2.75, 3.05) is 7.05 Å². The fourth-order valence-corrected chi connectivity index (χ4v) is 1.28. The number of nitriles is 1. The maximum atomic E-state index is 11.4. The number of imide groups is 1. The van der Waals surface area contributed by atoms with Crippen molar-refractivity contribution in [3.63, 3.8) is 0 Å². The van der Waals surface area contributed by atoms with Crippen LogP contribution >= 0.6 is 0 Å². The quantitative estimate of drug-likeness (QED) is 0.323. The van der Waals surface area contributed by atoms with Crippen LogP contribution in [0, 0.1) is 17.2 Å². The highest BCUT2D eigenvalue weighted by Gasteiger charge is 2.36. The Kier molecular flexibility index (Phi) is 2.47. The summed E-state index contributed by atoms with van der Waals surface area (Å²) < 4.78 is 0. The summed E-state index contributed by atoms with van der Waals surface area (Å²) in [5, 5.41) is 8.67. The van der Waals surface area contributed by atoms with Crippen molar-refractivity contribution in [2.45, 2.75) is 6.92 Å². The molecule has 0 aromatic heterocycles. The molecule has 1 rings (SSSR count). The molecule has 14 heavy (non-hydrogen) atoms. The molecule has 5 nitrogen and oxygen atoms in total. The topological polar surface area (TPSA) is 78.2 Å². The molecule has 2 amide bonds. The Morgan fingerprint density at radius 2 is 2.07 bits per heavy atom. The van der Waals surface area contributed by atoms with E-state index in [1.54, 1.807) is 6.07 Å². The summed E-state index contributed by atoms with van der Waals surface area (Å²) in [5.74, 6) is -2.22. The van der Waals surface area contributed by atoms with E-state index in [0.717, 1.165) is 4.90 Å². The molecule has 0 bridgehead atoms. The van der Waals surface area contributed by atoms with Crippen molar-refractivity contribution in [1.29, 1.82) is 5.26 Å². The normalized spacial score (nSPS) is 22.4. The van der Waals surface area contributed by atoms with Crippen LogP contribution in [-0.2, 0) is 14.4 Å². The smallest absolute Gasteiger partial charge is 0.270 e. The predicted octanol–water partition coefficient (Wildman–Crippen LogP) is -0.360. The van der Waals surface area contributed by atoms with E-state index >= 15 is 0 Å². The molecular formula is C9H8N2O3. The van der Waals surface area contributed by atoms with Gasteiger partial charge in [-0.25, -0.2) is 0 Å². The molecule has 0 saturated carbocycles. The fourth-order valence-electron chi connectivity index (χ4n) is 1.28. The monoisotopic (exact) mass is 192 g/mol. The van der Waals surface area contributed by atoms with E-state index in [4.69, 9.17) is 5.26 Å². The maximum absolute atomic E-state index is 11.4. The molecular weight excluding hydrogens is 184 g/mol. The number of nitrogens with zero attached hydrogens (tertiary/aromatic N) is 2. The van der Waals surface area contributed by atoms with Crippen LogP contribution in [0.2, 0.25) is 0 Å². The minimum Gasteiger partial charge on any atom is -0.302 e. The average Bonchev–Trinajstić information content (AvgIpc) is 2.16. The molecule has 1 aliphatic rings. The molecule has 72 valence electrons. The average molecular weight is 192 g/mol. The molecule has 0 spiro atoms. The summed E-state index contributed by atoms with van der Waals surface area (Å²) in [4.78, 5) is 34.1. The second-order valence-electron chi connectivity index (χ2n) is 2.99. The molecule has 0 radical (unpaired) electrons. The summed E-state index contributed by atoms with van der Waals surface area (Å²) in [6.45, 7) is 1.44. The lowest BCUT2D eigenvalue weighted by molar-refractivity contribution is -0.144. The van der Waals surface area contributed by atoms with Crippen LogP contribution < -0.4 is 0 Å². The standard InChI is InChI=1S/C9H8N2O3/c1-5-6(3-10)8(13)11(2)9(14)7(5)4-12/h4,7H,1-2H3/t7-/m1/s1. The van der Waals surface area contributed by atoms with Gasteiger partial charge in [0.05, 0.1) is 0 Å². The van der Waals surface area contributed by atoms with Gasteiger partial charge in [-0.1, -0.05) is 0 Å². The van der Waals surface area contributed by atoms with Crippen LogP contribution in [0.15, 0.2) is 11.1 Å². The molecule has 0 aromatic carbocycles. The van der Waals surface area contributed by atoms with Gasteiger partial charge in [-0.05, 0) is 12.5 Å². The van der Waals surface area contributed by atoms with Crippen molar-refractivity contribution in [3.05, 3.63) is 11.1 Å². The Balaban J connectivity index is 3.34. The highest BCUT2D eigenvalue weighted by atomic mass is 16.2. The highest BCUT2D eigenvalue weighted by Crippen LogP contribution is 2.22. The van der Waals surface area contributed by atoms with E-state index < -0.39 is 17.7 Å². The van der Waals surface area contributed by atoms with Gasteiger partial charge in [-0.3, -0.25) is 14.5 Å². The van der Waals surface area contributed by atoms with Gasteiger partial charge in [-0.2, -0.15) is 5.26 Å². The molecule has 0 fully saturated rings. The first-order valence-corrected chi connectivity index (χ1v) is 3.92. The summed E-state index contributed by atoms with van der Waals surface area (Å²) in [6, 6.07) is 1.70. The van der Waals surface area contributed by atoms with Gasteiger partial charge in [0.25, 0.3) is 5.91 Å². The second kappa shape index (κ2) is 3.42. The molecule has 1 atom stereocenters. The molecule has 0 aliphatic carbocycles. The SMILES string of the molecule is CC1=C(C#N)C(=O)N(C)C(=O)[C@@H]1C=O. The van der Waals surface area contributed by atoms with Crippen molar-refractivity contribution in [2.24, 2.45) is 5.92 Å². The van der Waals surface area contributed by atoms with Crippen molar-refractivity contribution in [3.8, 4) is 6.07 Å². The van der Waals surface area contributed by atoms with Gasteiger partial charge >= 0.3 is 0 Å². The van der Waals surface area contributed by atoms with Crippen molar-refractivity contribution in [1.82, 2.24) is 4.90 Å². The third-order valence-corrected chi connectivity index (χ3v) is 2.22. The second-order valence-corrected chi connectivity index (χ2v) is 2.99. The number of amides is 2. The fraction of sp³-hybridized carbons (Fsp3) is 0.333. The Labute approximate surface area is 80.6 Å². The van der Waals surface area contributed by atoms with Crippen molar-refractivity contribution < 1.29 is 14.4 Å². The number of carbonyl (C=O) groups is 3. The molecule has 1 heterocycles. The van der Waals surface area contributed by atoms with Gasteiger partial charge in [0.1, 0.15) is 23.8 Å². The lowest BCUT2D eigenvalue weighted by Gasteiger charge is -2.25. The summed E-state index contributed by atoms with van der Waals surface area (Å²) in [7, 11) is 1.25. The lowest BCUT2D eigenvalue weighted by Crippen LogP contribution is -2.44. The maximum Gasteiger partial charge on any atom is 0.270 e. The zero-order chi connectivity index (χ0) is 10.9. The van der Waals surface area contributed by atoms with E-state index in [1.807, 2.05) is 0 Å². The van der Waals surface area contributed by atoms with Gasteiger partial charge in [0.15, 0.2) is 0 Å². The van der Waals surface area contributed by atoms with Crippen LogP contribution in [0.5, 0.6) is 0 Å². The summed E-state index contributed by atoms with van der Waals surface area (Å²) >= 11 is 0. The van der Waals surface area contributed by atoms with E-state index in [-0.39, 0.29) is 11.1 Å². The number of hydrogen-bond donors (Lipinski definition) is 0. The Morgan fingerprint density at radius 1 is 1.50 bits per heavy atom. The highest BCUT2D eigenvalue weighted by molar-refractivity contribution is 6.14. The number of likely N-dealkylation sites (N-methyl/N-ethyl adjacent to an activating group) is 1. The Morgan fingerprint density at radius 3 is 2.50 bits per heavy atom. The minimum absolute atomic E-state index is 0.121. The Bertz CT molecular complexity index is 389. The van der Waals surface area contributed by atoms with Crippen LogP contribution in [-0.4, -0.2) is 30.0 Å². The van der Waals surface area contributed by atoms with E-state index in [0.29, 0.717) is 6.29 Å². The summed E-state index contributed by atoms with van der Waals surface area (Å²) in [6.07, 6.45) is 0.442. The predicted molar refractivity (Wildman–Crippen MR) is 45.6 cm³/mol. The van der Waals surface area contributed by atoms with E-state index in [9.17, 15) is 14.4 Å². The van der Waals surface area contributed by atoms with Crippen LogP contribution in [0.4, 0.5) is 0 Å². The molecule has 5 heteroatoms. The van der Waals surface area contributed by atoms with Crippen molar-refractivity contribution >= 4 is 18.1 Å². The van der Waals surface area contributed by atoms with Crippen LogP contribution in [0.1, 0.15) is 6.92 Å². The third kappa shape index (κ3) is 1.21. The first-order valence-electron chi connectivity index (χ1n) is 3.92. The third-order valence-electron chi connectivity index (χ3n) is 2.22. The first kappa shape index (κ1) is 10.1. The molecule has 1 aliphatic heterocycles. The molecule has 0 unspecified atom stereocenters. The number of aldehydes is 1.